The van der Waals surface area contributed by atoms with Crippen LogP contribution in [0.25, 0.3) is 0 Å². The fourth-order valence-corrected chi connectivity index (χ4v) is 4.22. The van der Waals surface area contributed by atoms with Crippen LogP contribution in [-0.4, -0.2) is 35.4 Å². The van der Waals surface area contributed by atoms with E-state index in [9.17, 15) is 14.4 Å². The summed E-state index contributed by atoms with van der Waals surface area (Å²) < 4.78 is 5.73. The summed E-state index contributed by atoms with van der Waals surface area (Å²) in [5.41, 5.74) is 2.03. The smallest absolute Gasteiger partial charge is 0.411 e. The lowest BCUT2D eigenvalue weighted by Gasteiger charge is -2.24. The average molecular weight is 500 g/mol. The highest BCUT2D eigenvalue weighted by atomic mass is 35.5. The number of carbonyl (C=O) groups is 3. The molecule has 0 aromatic heterocycles. The summed E-state index contributed by atoms with van der Waals surface area (Å²) in [7, 11) is 0. The molecule has 188 valence electrons. The molecule has 2 aromatic carbocycles. The van der Waals surface area contributed by atoms with Crippen molar-refractivity contribution in [1.82, 2.24) is 10.2 Å². The Hall–Kier alpha value is -3.06. The first kappa shape index (κ1) is 26.5. The van der Waals surface area contributed by atoms with Gasteiger partial charge in [-0.15, -0.1) is 0 Å². The van der Waals surface area contributed by atoms with Gasteiger partial charge in [-0.25, -0.2) is 4.79 Å². The third kappa shape index (κ3) is 7.46. The number of nitrogens with one attached hydrogen (secondary N) is 2. The molecule has 3 amide bonds. The third-order valence-electron chi connectivity index (χ3n) is 5.71. The minimum Gasteiger partial charge on any atom is -0.438 e. The SMILES string of the molecule is CC(C)CCNC(=O)C1C(c2cccc(NC(=O)CC(C)C)c2)OC(=O)N1Cc1cccc(Cl)c1. The van der Waals surface area contributed by atoms with Crippen LogP contribution in [0.15, 0.2) is 48.5 Å². The molecule has 7 nitrogen and oxygen atoms in total. The molecule has 2 unspecified atom stereocenters. The van der Waals surface area contributed by atoms with Gasteiger partial charge in [0.15, 0.2) is 12.1 Å². The van der Waals surface area contributed by atoms with E-state index < -0.39 is 18.2 Å². The van der Waals surface area contributed by atoms with Crippen molar-refractivity contribution in [3.8, 4) is 0 Å². The number of hydrogen-bond donors (Lipinski definition) is 2. The number of amides is 3. The highest BCUT2D eigenvalue weighted by Gasteiger charge is 2.47. The van der Waals surface area contributed by atoms with Crippen molar-refractivity contribution in [3.63, 3.8) is 0 Å². The lowest BCUT2D eigenvalue weighted by Crippen LogP contribution is -2.46. The van der Waals surface area contributed by atoms with E-state index >= 15 is 0 Å². The predicted molar refractivity (Wildman–Crippen MR) is 137 cm³/mol. The largest absolute Gasteiger partial charge is 0.438 e. The first-order valence-corrected chi connectivity index (χ1v) is 12.4. The fraction of sp³-hybridized carbons (Fsp3) is 0.444. The van der Waals surface area contributed by atoms with Crippen LogP contribution in [0.4, 0.5) is 10.5 Å². The maximum absolute atomic E-state index is 13.3. The molecule has 1 heterocycles. The molecule has 0 bridgehead atoms. The van der Waals surface area contributed by atoms with Crippen LogP contribution in [0.3, 0.4) is 0 Å². The van der Waals surface area contributed by atoms with E-state index in [0.29, 0.717) is 35.2 Å². The number of hydrogen-bond acceptors (Lipinski definition) is 4. The molecule has 0 saturated carbocycles. The van der Waals surface area contributed by atoms with E-state index in [1.807, 2.05) is 19.9 Å². The highest BCUT2D eigenvalue weighted by molar-refractivity contribution is 6.30. The maximum Gasteiger partial charge on any atom is 0.411 e. The quantitative estimate of drug-likeness (QED) is 0.448. The topological polar surface area (TPSA) is 87.7 Å². The van der Waals surface area contributed by atoms with E-state index in [0.717, 1.165) is 12.0 Å². The summed E-state index contributed by atoms with van der Waals surface area (Å²) in [6, 6.07) is 13.4. The van der Waals surface area contributed by atoms with Crippen molar-refractivity contribution < 1.29 is 19.1 Å². The summed E-state index contributed by atoms with van der Waals surface area (Å²) in [5, 5.41) is 6.40. The number of nitrogens with zero attached hydrogens (tertiary/aromatic N) is 1. The molecule has 1 saturated heterocycles. The summed E-state index contributed by atoms with van der Waals surface area (Å²) in [6.45, 7) is 8.81. The zero-order valence-corrected chi connectivity index (χ0v) is 21.5. The summed E-state index contributed by atoms with van der Waals surface area (Å²) in [5.74, 6) is 0.290. The van der Waals surface area contributed by atoms with Gasteiger partial charge in [-0.2, -0.15) is 0 Å². The number of anilines is 1. The zero-order valence-electron chi connectivity index (χ0n) is 20.7. The van der Waals surface area contributed by atoms with Gasteiger partial charge in [-0.1, -0.05) is 63.6 Å². The van der Waals surface area contributed by atoms with Gasteiger partial charge in [0.25, 0.3) is 0 Å². The summed E-state index contributed by atoms with van der Waals surface area (Å²) in [4.78, 5) is 40.0. The van der Waals surface area contributed by atoms with Gasteiger partial charge < -0.3 is 15.4 Å². The average Bonchev–Trinajstić information content (AvgIpc) is 3.09. The molecular formula is C27H34ClN3O4. The van der Waals surface area contributed by atoms with Gasteiger partial charge in [-0.05, 0) is 53.6 Å². The Labute approximate surface area is 212 Å². The molecule has 0 aliphatic carbocycles. The molecule has 0 radical (unpaired) electrons. The number of ether oxygens (including phenoxy) is 1. The van der Waals surface area contributed by atoms with E-state index in [4.69, 9.17) is 16.3 Å². The minimum absolute atomic E-state index is 0.0915. The van der Waals surface area contributed by atoms with Crippen molar-refractivity contribution in [2.45, 2.75) is 59.2 Å². The van der Waals surface area contributed by atoms with E-state index in [1.54, 1.807) is 42.5 Å². The lowest BCUT2D eigenvalue weighted by atomic mass is 9.99. The zero-order chi connectivity index (χ0) is 25.5. The van der Waals surface area contributed by atoms with E-state index in [-0.39, 0.29) is 24.3 Å². The Kier molecular flexibility index (Phi) is 9.15. The number of halogens is 1. The number of rotatable bonds is 10. The van der Waals surface area contributed by atoms with Crippen LogP contribution in [0, 0.1) is 11.8 Å². The van der Waals surface area contributed by atoms with E-state index in [1.165, 1.54) is 4.90 Å². The number of benzene rings is 2. The van der Waals surface area contributed by atoms with Gasteiger partial charge in [0, 0.05) is 23.7 Å². The van der Waals surface area contributed by atoms with Gasteiger partial charge >= 0.3 is 6.09 Å². The molecule has 35 heavy (non-hydrogen) atoms. The van der Waals surface area contributed by atoms with Gasteiger partial charge in [0.1, 0.15) is 0 Å². The van der Waals surface area contributed by atoms with Gasteiger partial charge in [-0.3, -0.25) is 14.5 Å². The highest BCUT2D eigenvalue weighted by Crippen LogP contribution is 2.35. The van der Waals surface area contributed by atoms with Crippen LogP contribution in [-0.2, 0) is 20.9 Å². The molecule has 1 fully saturated rings. The predicted octanol–water partition coefficient (Wildman–Crippen LogP) is 5.55. The van der Waals surface area contributed by atoms with E-state index in [2.05, 4.69) is 24.5 Å². The standard InChI is InChI=1S/C27H34ClN3O4/c1-17(2)11-12-29-26(33)24-25(20-8-6-10-22(15-20)30-23(32)13-18(3)4)35-27(34)31(24)16-19-7-5-9-21(28)14-19/h5-10,14-15,17-18,24-25H,11-13,16H2,1-4H3,(H,29,33)(H,30,32). The monoisotopic (exact) mass is 499 g/mol. The van der Waals surface area contributed by atoms with Crippen molar-refractivity contribution in [2.24, 2.45) is 11.8 Å². The minimum atomic E-state index is -0.866. The second-order valence-electron chi connectivity index (χ2n) is 9.75. The first-order valence-electron chi connectivity index (χ1n) is 12.0. The second-order valence-corrected chi connectivity index (χ2v) is 10.2. The Bertz CT molecular complexity index is 1060. The fourth-order valence-electron chi connectivity index (χ4n) is 4.01. The summed E-state index contributed by atoms with van der Waals surface area (Å²) in [6.07, 6.45) is -0.170. The number of carbonyl (C=O) groups excluding carboxylic acids is 3. The first-order chi connectivity index (χ1) is 16.6. The Morgan fingerprint density at radius 3 is 2.49 bits per heavy atom. The molecule has 0 spiro atoms. The molecule has 8 heteroatoms. The summed E-state index contributed by atoms with van der Waals surface area (Å²) >= 11 is 6.13. The molecular weight excluding hydrogens is 466 g/mol. The molecule has 2 N–H and O–H groups in total. The molecule has 1 aliphatic heterocycles. The van der Waals surface area contributed by atoms with Crippen molar-refractivity contribution in [3.05, 3.63) is 64.7 Å². The van der Waals surface area contributed by atoms with Gasteiger partial charge in [0.05, 0.1) is 6.54 Å². The van der Waals surface area contributed by atoms with Crippen molar-refractivity contribution in [2.75, 3.05) is 11.9 Å². The Morgan fingerprint density at radius 2 is 1.80 bits per heavy atom. The van der Waals surface area contributed by atoms with Crippen LogP contribution < -0.4 is 10.6 Å². The molecule has 1 aliphatic rings. The van der Waals surface area contributed by atoms with Crippen molar-refractivity contribution >= 4 is 35.2 Å². The molecule has 3 rings (SSSR count). The van der Waals surface area contributed by atoms with Crippen LogP contribution in [0.2, 0.25) is 5.02 Å². The van der Waals surface area contributed by atoms with Gasteiger partial charge in [0.2, 0.25) is 11.8 Å². The lowest BCUT2D eigenvalue weighted by molar-refractivity contribution is -0.126. The third-order valence-corrected chi connectivity index (χ3v) is 5.94. The Balaban J connectivity index is 1.87. The molecule has 2 aromatic rings. The second kappa shape index (κ2) is 12.1. The normalized spacial score (nSPS) is 17.6. The van der Waals surface area contributed by atoms with Crippen LogP contribution in [0.5, 0.6) is 0 Å². The van der Waals surface area contributed by atoms with Crippen LogP contribution >= 0.6 is 11.6 Å². The van der Waals surface area contributed by atoms with Crippen molar-refractivity contribution in [1.29, 1.82) is 0 Å². The maximum atomic E-state index is 13.3. The Morgan fingerprint density at radius 1 is 1.06 bits per heavy atom. The van der Waals surface area contributed by atoms with Crippen LogP contribution in [0.1, 0.15) is 57.8 Å². The number of cyclic esters (lactones) is 1. The molecule has 2 atom stereocenters.